The van der Waals surface area contributed by atoms with Crippen molar-refractivity contribution in [3.05, 3.63) is 15.9 Å². The van der Waals surface area contributed by atoms with E-state index in [2.05, 4.69) is 15.9 Å². The van der Waals surface area contributed by atoms with Crippen LogP contribution in [0.2, 0.25) is 0 Å². The van der Waals surface area contributed by atoms with Crippen molar-refractivity contribution < 1.29 is 9.90 Å². The molecule has 1 atom stereocenters. The molecule has 1 N–H and O–H groups in total. The van der Waals surface area contributed by atoms with E-state index in [0.29, 0.717) is 6.42 Å². The van der Waals surface area contributed by atoms with E-state index in [4.69, 9.17) is 5.11 Å². The van der Waals surface area contributed by atoms with Gasteiger partial charge in [-0.05, 0) is 34.5 Å². The number of rotatable bonds is 4. The van der Waals surface area contributed by atoms with Crippen molar-refractivity contribution >= 4 is 45.0 Å². The van der Waals surface area contributed by atoms with Crippen LogP contribution in [0.3, 0.4) is 0 Å². The SMILES string of the molecule is CCC(Sc1ccc(Br)s1)C(=O)O. The number of hydrogen-bond donors (Lipinski definition) is 1. The number of thioether (sulfide) groups is 1. The molecule has 0 fully saturated rings. The van der Waals surface area contributed by atoms with E-state index in [1.54, 1.807) is 11.3 Å². The van der Waals surface area contributed by atoms with Crippen molar-refractivity contribution in [2.24, 2.45) is 0 Å². The normalized spacial score (nSPS) is 12.8. The molecule has 1 heterocycles. The topological polar surface area (TPSA) is 37.3 Å². The van der Waals surface area contributed by atoms with Crippen LogP contribution in [0.5, 0.6) is 0 Å². The summed E-state index contributed by atoms with van der Waals surface area (Å²) in [6.45, 7) is 1.88. The highest BCUT2D eigenvalue weighted by atomic mass is 79.9. The van der Waals surface area contributed by atoms with Gasteiger partial charge in [0.05, 0.1) is 8.00 Å². The summed E-state index contributed by atoms with van der Waals surface area (Å²) in [7, 11) is 0. The van der Waals surface area contributed by atoms with Crippen molar-refractivity contribution in [1.29, 1.82) is 0 Å². The summed E-state index contributed by atoms with van der Waals surface area (Å²) in [6, 6.07) is 3.87. The lowest BCUT2D eigenvalue weighted by Gasteiger charge is -2.06. The van der Waals surface area contributed by atoms with Gasteiger partial charge >= 0.3 is 5.97 Å². The van der Waals surface area contributed by atoms with Crippen LogP contribution in [0.1, 0.15) is 13.3 Å². The van der Waals surface area contributed by atoms with Crippen LogP contribution in [0.4, 0.5) is 0 Å². The highest BCUT2D eigenvalue weighted by molar-refractivity contribution is 9.11. The minimum absolute atomic E-state index is 0.328. The smallest absolute Gasteiger partial charge is 0.317 e. The number of carboxylic acids is 1. The molecular formula is C8H9BrO2S2. The largest absolute Gasteiger partial charge is 0.480 e. The summed E-state index contributed by atoms with van der Waals surface area (Å²) in [5.74, 6) is -0.739. The van der Waals surface area contributed by atoms with Crippen molar-refractivity contribution in [3.63, 3.8) is 0 Å². The third-order valence-corrected chi connectivity index (χ3v) is 4.60. The zero-order chi connectivity index (χ0) is 9.84. The zero-order valence-corrected chi connectivity index (χ0v) is 10.2. The third kappa shape index (κ3) is 3.32. The second kappa shape index (κ2) is 5.02. The molecule has 0 saturated heterocycles. The molecule has 0 saturated carbocycles. The van der Waals surface area contributed by atoms with Gasteiger partial charge in [-0.2, -0.15) is 0 Å². The summed E-state index contributed by atoms with van der Waals surface area (Å²) in [4.78, 5) is 10.7. The molecule has 0 aromatic carbocycles. The number of aliphatic carboxylic acids is 1. The Labute approximate surface area is 93.5 Å². The van der Waals surface area contributed by atoms with Crippen LogP contribution in [-0.2, 0) is 4.79 Å². The summed E-state index contributed by atoms with van der Waals surface area (Å²) < 4.78 is 2.08. The lowest BCUT2D eigenvalue weighted by molar-refractivity contribution is -0.136. The van der Waals surface area contributed by atoms with Gasteiger partial charge in [0.15, 0.2) is 0 Å². The van der Waals surface area contributed by atoms with Gasteiger partial charge in [-0.15, -0.1) is 23.1 Å². The minimum atomic E-state index is -0.739. The summed E-state index contributed by atoms with van der Waals surface area (Å²) in [5, 5.41) is 8.49. The Kier molecular flexibility index (Phi) is 4.28. The molecule has 0 amide bonds. The van der Waals surface area contributed by atoms with Gasteiger partial charge in [0, 0.05) is 0 Å². The molecule has 0 aliphatic carbocycles. The standard InChI is InChI=1S/C8H9BrO2S2/c1-2-5(8(10)11)12-7-4-3-6(9)13-7/h3-5H,2H2,1H3,(H,10,11). The average molecular weight is 281 g/mol. The Morgan fingerprint density at radius 1 is 1.77 bits per heavy atom. The second-order valence-electron chi connectivity index (χ2n) is 2.41. The maximum Gasteiger partial charge on any atom is 0.317 e. The average Bonchev–Trinajstić information content (AvgIpc) is 2.46. The van der Waals surface area contributed by atoms with E-state index in [9.17, 15) is 4.79 Å². The van der Waals surface area contributed by atoms with Gasteiger partial charge in [0.25, 0.3) is 0 Å². The zero-order valence-electron chi connectivity index (χ0n) is 6.99. The first kappa shape index (κ1) is 11.1. The molecule has 0 aliphatic heterocycles. The van der Waals surface area contributed by atoms with E-state index >= 15 is 0 Å². The Morgan fingerprint density at radius 2 is 2.46 bits per heavy atom. The van der Waals surface area contributed by atoms with Crippen LogP contribution in [0, 0.1) is 0 Å². The minimum Gasteiger partial charge on any atom is -0.480 e. The van der Waals surface area contributed by atoms with Crippen LogP contribution in [-0.4, -0.2) is 16.3 Å². The Bertz CT molecular complexity index is 298. The lowest BCUT2D eigenvalue weighted by Crippen LogP contribution is -2.14. The third-order valence-electron chi connectivity index (χ3n) is 1.45. The Morgan fingerprint density at radius 3 is 2.85 bits per heavy atom. The number of halogens is 1. The molecule has 72 valence electrons. The number of hydrogen-bond acceptors (Lipinski definition) is 3. The van der Waals surface area contributed by atoms with Gasteiger partial charge < -0.3 is 5.11 Å². The van der Waals surface area contributed by atoms with Gasteiger partial charge in [0.1, 0.15) is 5.25 Å². The molecule has 5 heteroatoms. The fourth-order valence-electron chi connectivity index (χ4n) is 0.810. The van der Waals surface area contributed by atoms with E-state index in [1.165, 1.54) is 11.8 Å². The summed E-state index contributed by atoms with van der Waals surface area (Å²) >= 11 is 6.31. The Hall–Kier alpha value is -0.000000000000000111. The number of carbonyl (C=O) groups is 1. The molecule has 1 aromatic heterocycles. The van der Waals surface area contributed by atoms with E-state index < -0.39 is 5.97 Å². The predicted molar refractivity (Wildman–Crippen MR) is 59.6 cm³/mol. The number of carboxylic acid groups (broad SMARTS) is 1. The molecular weight excluding hydrogens is 272 g/mol. The van der Waals surface area contributed by atoms with Crippen molar-refractivity contribution in [2.45, 2.75) is 22.8 Å². The summed E-state index contributed by atoms with van der Waals surface area (Å²) in [5.41, 5.74) is 0. The molecule has 0 bridgehead atoms. The molecule has 1 aromatic rings. The fraction of sp³-hybridized carbons (Fsp3) is 0.375. The molecule has 0 aliphatic rings. The molecule has 1 unspecified atom stereocenters. The molecule has 0 radical (unpaired) electrons. The first-order valence-corrected chi connectivity index (χ1v) is 6.27. The van der Waals surface area contributed by atoms with Gasteiger partial charge in [0.2, 0.25) is 0 Å². The van der Waals surface area contributed by atoms with Crippen molar-refractivity contribution in [2.75, 3.05) is 0 Å². The van der Waals surface area contributed by atoms with Crippen molar-refractivity contribution in [1.82, 2.24) is 0 Å². The highest BCUT2D eigenvalue weighted by Gasteiger charge is 2.16. The highest BCUT2D eigenvalue weighted by Crippen LogP contribution is 2.34. The van der Waals surface area contributed by atoms with Gasteiger partial charge in [-0.1, -0.05) is 6.92 Å². The van der Waals surface area contributed by atoms with Gasteiger partial charge in [-0.3, -0.25) is 4.79 Å². The summed E-state index contributed by atoms with van der Waals surface area (Å²) in [6.07, 6.45) is 0.648. The maximum atomic E-state index is 10.7. The monoisotopic (exact) mass is 280 g/mol. The predicted octanol–water partition coefficient (Wildman–Crippen LogP) is 3.47. The molecule has 1 rings (SSSR count). The maximum absolute atomic E-state index is 10.7. The van der Waals surface area contributed by atoms with Crippen LogP contribution >= 0.6 is 39.0 Å². The van der Waals surface area contributed by atoms with E-state index in [-0.39, 0.29) is 5.25 Å². The van der Waals surface area contributed by atoms with Crippen molar-refractivity contribution in [3.8, 4) is 0 Å². The molecule has 13 heavy (non-hydrogen) atoms. The quantitative estimate of drug-likeness (QED) is 0.859. The lowest BCUT2D eigenvalue weighted by atomic mass is 10.3. The van der Waals surface area contributed by atoms with E-state index in [1.807, 2.05) is 19.1 Å². The molecule has 2 nitrogen and oxygen atoms in total. The molecule has 0 spiro atoms. The fourth-order valence-corrected chi connectivity index (χ4v) is 3.76. The number of thiophene rings is 1. The first-order chi connectivity index (χ1) is 6.13. The van der Waals surface area contributed by atoms with Crippen LogP contribution < -0.4 is 0 Å². The second-order valence-corrected chi connectivity index (χ2v) is 6.38. The van der Waals surface area contributed by atoms with Gasteiger partial charge in [-0.25, -0.2) is 0 Å². The van der Waals surface area contributed by atoms with Crippen LogP contribution in [0.25, 0.3) is 0 Å². The Balaban J connectivity index is 2.61. The van der Waals surface area contributed by atoms with E-state index in [0.717, 1.165) is 8.00 Å². The van der Waals surface area contributed by atoms with Crippen LogP contribution in [0.15, 0.2) is 20.1 Å². The first-order valence-electron chi connectivity index (χ1n) is 3.78.